The minimum Gasteiger partial charge on any atom is -0.453 e. The van der Waals surface area contributed by atoms with Crippen molar-refractivity contribution in [2.24, 2.45) is 0 Å². The van der Waals surface area contributed by atoms with Gasteiger partial charge in [0, 0.05) is 12.3 Å². The lowest BCUT2D eigenvalue weighted by molar-refractivity contribution is -0.131. The van der Waals surface area contributed by atoms with Gasteiger partial charge in [0.25, 0.3) is 0 Å². The molecule has 0 aromatic heterocycles. The molecule has 0 saturated carbocycles. The highest BCUT2D eigenvalue weighted by atomic mass is 16.6. The Labute approximate surface area is 129 Å². The molecular formula is C19H16O3. The van der Waals surface area contributed by atoms with E-state index in [1.165, 1.54) is 6.92 Å². The Morgan fingerprint density at radius 1 is 0.864 bits per heavy atom. The number of aryl methyl sites for hydroxylation is 1. The first-order chi connectivity index (χ1) is 10.6. The molecule has 0 aliphatic rings. The van der Waals surface area contributed by atoms with Crippen LogP contribution in [0, 0.1) is 6.92 Å². The molecule has 0 saturated heterocycles. The number of hydrogen-bond acceptors (Lipinski definition) is 3. The molecule has 0 radical (unpaired) electrons. The van der Waals surface area contributed by atoms with Crippen LogP contribution in [0.3, 0.4) is 0 Å². The Hall–Kier alpha value is -2.81. The van der Waals surface area contributed by atoms with E-state index in [2.05, 4.69) is 0 Å². The van der Waals surface area contributed by atoms with Gasteiger partial charge >= 0.3 is 5.97 Å². The highest BCUT2D eigenvalue weighted by Gasteiger charge is 2.12. The predicted octanol–water partition coefficient (Wildman–Crippen LogP) is 4.87. The molecule has 0 heterocycles. The quantitative estimate of drug-likeness (QED) is 0.510. The molecule has 3 aromatic carbocycles. The highest BCUT2D eigenvalue weighted by molar-refractivity contribution is 5.88. The van der Waals surface area contributed by atoms with E-state index in [-0.39, 0.29) is 5.97 Å². The number of carbonyl (C=O) groups excluding carboxylic acids is 1. The van der Waals surface area contributed by atoms with Crippen molar-refractivity contribution in [2.75, 3.05) is 0 Å². The molecule has 0 atom stereocenters. The highest BCUT2D eigenvalue weighted by Crippen LogP contribution is 2.37. The fraction of sp³-hybridized carbons (Fsp3) is 0.105. The summed E-state index contributed by atoms with van der Waals surface area (Å²) in [5.41, 5.74) is 0.909. The van der Waals surface area contributed by atoms with E-state index in [4.69, 9.17) is 9.47 Å². The summed E-state index contributed by atoms with van der Waals surface area (Å²) in [5, 5.41) is 2.12. The first-order valence-electron chi connectivity index (χ1n) is 7.09. The van der Waals surface area contributed by atoms with Crippen LogP contribution in [0.1, 0.15) is 12.5 Å². The second-order valence-electron chi connectivity index (χ2n) is 5.08. The van der Waals surface area contributed by atoms with Gasteiger partial charge in [-0.25, -0.2) is 0 Å². The molecule has 3 heteroatoms. The van der Waals surface area contributed by atoms with Crippen LogP contribution in [0.15, 0.2) is 60.7 Å². The first kappa shape index (κ1) is 14.1. The topological polar surface area (TPSA) is 35.5 Å². The van der Waals surface area contributed by atoms with Crippen LogP contribution in [0.2, 0.25) is 0 Å². The summed E-state index contributed by atoms with van der Waals surface area (Å²) in [7, 11) is 0. The zero-order valence-electron chi connectivity index (χ0n) is 12.5. The van der Waals surface area contributed by atoms with E-state index in [0.717, 1.165) is 22.1 Å². The second-order valence-corrected chi connectivity index (χ2v) is 5.08. The van der Waals surface area contributed by atoms with Crippen molar-refractivity contribution in [2.45, 2.75) is 13.8 Å². The Bertz CT molecular complexity index is 832. The van der Waals surface area contributed by atoms with Crippen LogP contribution >= 0.6 is 0 Å². The molecule has 0 aliphatic carbocycles. The lowest BCUT2D eigenvalue weighted by Crippen LogP contribution is -2.03. The molecule has 0 aliphatic heterocycles. The summed E-state index contributed by atoms with van der Waals surface area (Å²) in [6.07, 6.45) is 0. The van der Waals surface area contributed by atoms with Gasteiger partial charge in [0.05, 0.1) is 0 Å². The molecule has 110 valence electrons. The molecule has 3 aromatic rings. The average Bonchev–Trinajstić information content (AvgIpc) is 2.50. The van der Waals surface area contributed by atoms with Crippen molar-refractivity contribution in [1.82, 2.24) is 0 Å². The number of rotatable bonds is 3. The van der Waals surface area contributed by atoms with Gasteiger partial charge in [-0.05, 0) is 30.0 Å². The third kappa shape index (κ3) is 2.79. The van der Waals surface area contributed by atoms with E-state index < -0.39 is 0 Å². The van der Waals surface area contributed by atoms with Crippen molar-refractivity contribution in [1.29, 1.82) is 0 Å². The Kier molecular flexibility index (Phi) is 3.79. The SMILES string of the molecule is CC(=O)Oc1cccc(C)c1Oc1cccc2ccccc12. The third-order valence-electron chi connectivity index (χ3n) is 3.39. The van der Waals surface area contributed by atoms with Crippen molar-refractivity contribution in [3.05, 3.63) is 66.2 Å². The number of fused-ring (bicyclic) bond motifs is 1. The van der Waals surface area contributed by atoms with Crippen LogP contribution in [-0.2, 0) is 4.79 Å². The fourth-order valence-corrected chi connectivity index (χ4v) is 2.39. The van der Waals surface area contributed by atoms with Crippen LogP contribution < -0.4 is 9.47 Å². The van der Waals surface area contributed by atoms with E-state index >= 15 is 0 Å². The Morgan fingerprint density at radius 3 is 2.36 bits per heavy atom. The third-order valence-corrected chi connectivity index (χ3v) is 3.39. The van der Waals surface area contributed by atoms with E-state index in [1.54, 1.807) is 6.07 Å². The number of hydrogen-bond donors (Lipinski definition) is 0. The van der Waals surface area contributed by atoms with Crippen LogP contribution in [0.25, 0.3) is 10.8 Å². The van der Waals surface area contributed by atoms with Crippen LogP contribution in [-0.4, -0.2) is 5.97 Å². The van der Waals surface area contributed by atoms with Gasteiger partial charge in [0.2, 0.25) is 0 Å². The second kappa shape index (κ2) is 5.90. The molecular weight excluding hydrogens is 276 g/mol. The normalized spacial score (nSPS) is 10.5. The van der Waals surface area contributed by atoms with E-state index in [1.807, 2.05) is 61.5 Å². The zero-order chi connectivity index (χ0) is 15.5. The Balaban J connectivity index is 2.07. The summed E-state index contributed by atoms with van der Waals surface area (Å²) < 4.78 is 11.3. The maximum absolute atomic E-state index is 11.3. The summed E-state index contributed by atoms with van der Waals surface area (Å²) in [6, 6.07) is 19.4. The van der Waals surface area contributed by atoms with Crippen LogP contribution in [0.4, 0.5) is 0 Å². The van der Waals surface area contributed by atoms with Gasteiger partial charge in [0.1, 0.15) is 5.75 Å². The minimum atomic E-state index is -0.367. The lowest BCUT2D eigenvalue weighted by Gasteiger charge is -2.14. The monoisotopic (exact) mass is 292 g/mol. The van der Waals surface area contributed by atoms with Gasteiger partial charge in [-0.2, -0.15) is 0 Å². The number of ether oxygens (including phenoxy) is 2. The number of carbonyl (C=O) groups is 1. The molecule has 0 N–H and O–H groups in total. The van der Waals surface area contributed by atoms with Crippen molar-refractivity contribution in [3.8, 4) is 17.2 Å². The molecule has 0 bridgehead atoms. The van der Waals surface area contributed by atoms with Gasteiger partial charge < -0.3 is 9.47 Å². The molecule has 0 spiro atoms. The zero-order valence-corrected chi connectivity index (χ0v) is 12.5. The molecule has 0 amide bonds. The lowest BCUT2D eigenvalue weighted by atomic mass is 10.1. The summed E-state index contributed by atoms with van der Waals surface area (Å²) in [4.78, 5) is 11.3. The van der Waals surface area contributed by atoms with Gasteiger partial charge in [0.15, 0.2) is 11.5 Å². The van der Waals surface area contributed by atoms with E-state index in [9.17, 15) is 4.79 Å². The van der Waals surface area contributed by atoms with Crippen molar-refractivity contribution in [3.63, 3.8) is 0 Å². The maximum Gasteiger partial charge on any atom is 0.308 e. The molecule has 0 unspecified atom stereocenters. The number of para-hydroxylation sites is 1. The standard InChI is InChI=1S/C19H16O3/c1-13-7-5-12-18(21-14(2)20)19(13)22-17-11-6-9-15-8-3-4-10-16(15)17/h3-12H,1-2H3. The summed E-state index contributed by atoms with van der Waals surface area (Å²) >= 11 is 0. The predicted molar refractivity (Wildman–Crippen MR) is 86.5 cm³/mol. The molecule has 3 rings (SSSR count). The fourth-order valence-electron chi connectivity index (χ4n) is 2.39. The van der Waals surface area contributed by atoms with Gasteiger partial charge in [-0.3, -0.25) is 4.79 Å². The van der Waals surface area contributed by atoms with Crippen molar-refractivity contribution >= 4 is 16.7 Å². The maximum atomic E-state index is 11.3. The average molecular weight is 292 g/mol. The molecule has 3 nitrogen and oxygen atoms in total. The van der Waals surface area contributed by atoms with Gasteiger partial charge in [-0.15, -0.1) is 0 Å². The summed E-state index contributed by atoms with van der Waals surface area (Å²) in [5.74, 6) is 1.36. The first-order valence-corrected chi connectivity index (χ1v) is 7.09. The number of esters is 1. The summed E-state index contributed by atoms with van der Waals surface area (Å²) in [6.45, 7) is 3.30. The van der Waals surface area contributed by atoms with Crippen LogP contribution in [0.5, 0.6) is 17.2 Å². The number of benzene rings is 3. The van der Waals surface area contributed by atoms with Gasteiger partial charge in [-0.1, -0.05) is 48.5 Å². The Morgan fingerprint density at radius 2 is 1.55 bits per heavy atom. The smallest absolute Gasteiger partial charge is 0.308 e. The van der Waals surface area contributed by atoms with Crippen molar-refractivity contribution < 1.29 is 14.3 Å². The minimum absolute atomic E-state index is 0.367. The largest absolute Gasteiger partial charge is 0.453 e. The molecule has 0 fully saturated rings. The molecule has 22 heavy (non-hydrogen) atoms. The van der Waals surface area contributed by atoms with E-state index in [0.29, 0.717) is 11.5 Å².